The van der Waals surface area contributed by atoms with Gasteiger partial charge in [0.2, 0.25) is 0 Å². The van der Waals surface area contributed by atoms with Gasteiger partial charge in [0.25, 0.3) is 5.91 Å². The maximum absolute atomic E-state index is 12.8. The fraction of sp³-hybridized carbons (Fsp3) is 0.611. The van der Waals surface area contributed by atoms with Gasteiger partial charge in [-0.05, 0) is 36.8 Å². The first-order valence-electron chi connectivity index (χ1n) is 8.26. The molecule has 0 bridgehead atoms. The zero-order valence-electron chi connectivity index (χ0n) is 13.6. The molecule has 0 aromatic heterocycles. The van der Waals surface area contributed by atoms with E-state index in [1.165, 1.54) is 5.56 Å². The van der Waals surface area contributed by atoms with Gasteiger partial charge in [0.15, 0.2) is 0 Å². The van der Waals surface area contributed by atoms with Crippen LogP contribution in [0.2, 0.25) is 0 Å². The summed E-state index contributed by atoms with van der Waals surface area (Å²) in [6.45, 7) is 0.984. The monoisotopic (exact) mass is 319 g/mol. The van der Waals surface area contributed by atoms with Gasteiger partial charge in [-0.3, -0.25) is 4.79 Å². The number of rotatable bonds is 3. The minimum absolute atomic E-state index is 0.0385. The van der Waals surface area contributed by atoms with Crippen molar-refractivity contribution in [2.75, 3.05) is 26.8 Å². The Morgan fingerprint density at radius 2 is 1.87 bits per heavy atom. The predicted molar refractivity (Wildman–Crippen MR) is 86.1 cm³/mol. The molecule has 1 heterocycles. The van der Waals surface area contributed by atoms with E-state index in [-0.39, 0.29) is 12.5 Å². The number of piperidine rings is 1. The van der Waals surface area contributed by atoms with Crippen LogP contribution in [0, 0.1) is 0 Å². The fourth-order valence-electron chi connectivity index (χ4n) is 3.74. The van der Waals surface area contributed by atoms with Crippen LogP contribution in [-0.2, 0) is 22.4 Å². The number of amides is 1. The number of nitrogens with zero attached hydrogens (tertiary/aromatic N) is 1. The third-order valence-electron chi connectivity index (χ3n) is 5.49. The lowest BCUT2D eigenvalue weighted by atomic mass is 9.79. The lowest BCUT2D eigenvalue weighted by molar-refractivity contribution is -0.159. The number of benzene rings is 1. The number of aryl methyl sites for hydroxylation is 1. The van der Waals surface area contributed by atoms with Crippen LogP contribution >= 0.6 is 0 Å². The van der Waals surface area contributed by atoms with Gasteiger partial charge in [-0.1, -0.05) is 24.3 Å². The molecule has 1 aliphatic carbocycles. The molecule has 0 spiro atoms. The van der Waals surface area contributed by atoms with E-state index in [9.17, 15) is 15.0 Å². The van der Waals surface area contributed by atoms with Crippen LogP contribution in [0.25, 0.3) is 0 Å². The highest BCUT2D eigenvalue weighted by Gasteiger charge is 2.44. The molecule has 2 aliphatic rings. The number of fused-ring (bicyclic) bond motifs is 1. The molecule has 126 valence electrons. The first kappa shape index (κ1) is 16.4. The van der Waals surface area contributed by atoms with Gasteiger partial charge in [0.1, 0.15) is 5.60 Å². The summed E-state index contributed by atoms with van der Waals surface area (Å²) in [5.74, 6) is -0.186. The molecular weight excluding hydrogens is 294 g/mol. The van der Waals surface area contributed by atoms with Gasteiger partial charge in [-0.25, -0.2) is 0 Å². The summed E-state index contributed by atoms with van der Waals surface area (Å²) in [6.07, 6.45) is 2.77. The van der Waals surface area contributed by atoms with Crippen LogP contribution in [-0.4, -0.2) is 59.0 Å². The van der Waals surface area contributed by atoms with Gasteiger partial charge < -0.3 is 19.8 Å². The SMILES string of the molecule is COC1(CO)CCN(C(=O)C2(O)CCc3ccccc3C2)CC1. The summed E-state index contributed by atoms with van der Waals surface area (Å²) in [7, 11) is 1.60. The fourth-order valence-corrected chi connectivity index (χ4v) is 3.74. The minimum Gasteiger partial charge on any atom is -0.393 e. The lowest BCUT2D eigenvalue weighted by Gasteiger charge is -2.43. The van der Waals surface area contributed by atoms with Crippen molar-refractivity contribution >= 4 is 5.91 Å². The summed E-state index contributed by atoms with van der Waals surface area (Å²) in [5, 5.41) is 20.4. The molecule has 1 aromatic rings. The Morgan fingerprint density at radius 3 is 2.48 bits per heavy atom. The largest absolute Gasteiger partial charge is 0.393 e. The number of carbonyl (C=O) groups excluding carboxylic acids is 1. The number of hydrogen-bond acceptors (Lipinski definition) is 4. The van der Waals surface area contributed by atoms with Crippen molar-refractivity contribution in [3.05, 3.63) is 35.4 Å². The molecule has 23 heavy (non-hydrogen) atoms. The summed E-state index contributed by atoms with van der Waals surface area (Å²) in [4.78, 5) is 14.6. The third-order valence-corrected chi connectivity index (χ3v) is 5.49. The second-order valence-electron chi connectivity index (χ2n) is 6.81. The average molecular weight is 319 g/mol. The molecule has 1 unspecified atom stereocenters. The number of hydrogen-bond donors (Lipinski definition) is 2. The normalized spacial score (nSPS) is 26.7. The van der Waals surface area contributed by atoms with Gasteiger partial charge in [-0.2, -0.15) is 0 Å². The van der Waals surface area contributed by atoms with E-state index in [1.807, 2.05) is 18.2 Å². The van der Waals surface area contributed by atoms with Gasteiger partial charge >= 0.3 is 0 Å². The highest BCUT2D eigenvalue weighted by atomic mass is 16.5. The molecular formula is C18H25NO4. The van der Waals surface area contributed by atoms with Crippen molar-refractivity contribution in [3.63, 3.8) is 0 Å². The minimum atomic E-state index is -1.30. The quantitative estimate of drug-likeness (QED) is 0.869. The zero-order chi connectivity index (χ0) is 16.5. The van der Waals surface area contributed by atoms with E-state index in [0.717, 1.165) is 12.0 Å². The van der Waals surface area contributed by atoms with Crippen molar-refractivity contribution in [2.45, 2.75) is 43.3 Å². The molecule has 5 heteroatoms. The van der Waals surface area contributed by atoms with Crippen molar-refractivity contribution in [1.82, 2.24) is 4.90 Å². The Morgan fingerprint density at radius 1 is 1.22 bits per heavy atom. The Balaban J connectivity index is 1.70. The standard InChI is InChI=1S/C18H25NO4/c1-23-17(13-20)8-10-19(11-9-17)16(21)18(22)7-6-14-4-2-3-5-15(14)12-18/h2-5,20,22H,6-13H2,1H3. The summed E-state index contributed by atoms with van der Waals surface area (Å²) in [5.41, 5.74) is 0.439. The molecule has 1 amide bonds. The molecule has 5 nitrogen and oxygen atoms in total. The Labute approximate surface area is 136 Å². The number of aliphatic hydroxyl groups excluding tert-OH is 1. The topological polar surface area (TPSA) is 70.0 Å². The molecule has 1 atom stereocenters. The smallest absolute Gasteiger partial charge is 0.254 e. The molecule has 0 radical (unpaired) electrons. The van der Waals surface area contributed by atoms with E-state index in [2.05, 4.69) is 6.07 Å². The van der Waals surface area contributed by atoms with E-state index >= 15 is 0 Å². The summed E-state index contributed by atoms with van der Waals surface area (Å²) >= 11 is 0. The van der Waals surface area contributed by atoms with E-state index in [1.54, 1.807) is 12.0 Å². The highest BCUT2D eigenvalue weighted by molar-refractivity contribution is 5.86. The van der Waals surface area contributed by atoms with Crippen molar-refractivity contribution < 1.29 is 19.7 Å². The first-order valence-corrected chi connectivity index (χ1v) is 8.26. The van der Waals surface area contributed by atoms with Crippen LogP contribution in [0.1, 0.15) is 30.4 Å². The molecule has 3 rings (SSSR count). The maximum atomic E-state index is 12.8. The second kappa shape index (κ2) is 6.23. The Hall–Kier alpha value is -1.43. The van der Waals surface area contributed by atoms with Gasteiger partial charge in [0.05, 0.1) is 12.2 Å². The molecule has 1 aliphatic heterocycles. The van der Waals surface area contributed by atoms with E-state index < -0.39 is 11.2 Å². The molecule has 1 saturated heterocycles. The van der Waals surface area contributed by atoms with Gasteiger partial charge in [0, 0.05) is 26.6 Å². The number of ether oxygens (including phenoxy) is 1. The third kappa shape index (κ3) is 3.01. The molecule has 1 aromatic carbocycles. The van der Waals surface area contributed by atoms with E-state index in [4.69, 9.17) is 4.74 Å². The molecule has 2 N–H and O–H groups in total. The Bertz CT molecular complexity index is 574. The highest BCUT2D eigenvalue weighted by Crippen LogP contribution is 2.32. The van der Waals surface area contributed by atoms with Gasteiger partial charge in [-0.15, -0.1) is 0 Å². The summed E-state index contributed by atoms with van der Waals surface area (Å²) < 4.78 is 5.42. The number of aliphatic hydroxyl groups is 2. The number of carbonyl (C=O) groups is 1. The van der Waals surface area contributed by atoms with Crippen molar-refractivity contribution in [3.8, 4) is 0 Å². The molecule has 0 saturated carbocycles. The number of methoxy groups -OCH3 is 1. The van der Waals surface area contributed by atoms with Crippen molar-refractivity contribution in [1.29, 1.82) is 0 Å². The first-order chi connectivity index (χ1) is 11.0. The van der Waals surface area contributed by atoms with Crippen LogP contribution in [0.4, 0.5) is 0 Å². The van der Waals surface area contributed by atoms with Crippen LogP contribution in [0.3, 0.4) is 0 Å². The van der Waals surface area contributed by atoms with Crippen LogP contribution in [0.5, 0.6) is 0 Å². The lowest BCUT2D eigenvalue weighted by Crippen LogP contribution is -2.57. The average Bonchev–Trinajstić information content (AvgIpc) is 2.61. The Kier molecular flexibility index (Phi) is 4.45. The zero-order valence-corrected chi connectivity index (χ0v) is 13.6. The predicted octanol–water partition coefficient (Wildman–Crippen LogP) is 0.906. The van der Waals surface area contributed by atoms with Crippen LogP contribution < -0.4 is 0 Å². The van der Waals surface area contributed by atoms with Crippen LogP contribution in [0.15, 0.2) is 24.3 Å². The summed E-state index contributed by atoms with van der Waals surface area (Å²) in [6, 6.07) is 8.00. The number of likely N-dealkylation sites (tertiary alicyclic amines) is 1. The van der Waals surface area contributed by atoms with E-state index in [0.29, 0.717) is 38.8 Å². The maximum Gasteiger partial charge on any atom is 0.254 e. The second-order valence-corrected chi connectivity index (χ2v) is 6.81. The molecule has 1 fully saturated rings. The van der Waals surface area contributed by atoms with Crippen molar-refractivity contribution in [2.24, 2.45) is 0 Å².